The molecule has 1 N–H and O–H groups in total. The van der Waals surface area contributed by atoms with Crippen LogP contribution in [0.2, 0.25) is 0 Å². The maximum absolute atomic E-state index is 11.1. The quantitative estimate of drug-likeness (QED) is 0.495. The average Bonchev–Trinajstić information content (AvgIpc) is 2.69. The second-order valence-corrected chi connectivity index (χ2v) is 4.56. The second-order valence-electron chi connectivity index (χ2n) is 4.56. The predicted molar refractivity (Wildman–Crippen MR) is 73.9 cm³/mol. The standard InChI is InChI=1S/C15H14O5.Na.H/c1-7-5-11(8(2)14(17)18)13-9(3)15(20-10(4)16)19-6-12(7)13;;/h5-6H,2H2,1,3-4H3,(H,17,18);;/q;+1;-1. The van der Waals surface area contributed by atoms with Crippen LogP contribution in [-0.4, -0.2) is 17.0 Å². The minimum Gasteiger partial charge on any atom is -1.00 e. The number of carboxylic acids is 1. The number of aliphatic carboxylic acids is 1. The number of rotatable bonds is 3. The zero-order valence-corrected chi connectivity index (χ0v) is 14.4. The van der Waals surface area contributed by atoms with Gasteiger partial charge in [0, 0.05) is 23.6 Å². The number of carboxylic acid groups (broad SMARTS) is 1. The van der Waals surface area contributed by atoms with Crippen LogP contribution in [0.4, 0.5) is 0 Å². The molecular formula is C15H15NaO5. The summed E-state index contributed by atoms with van der Waals surface area (Å²) in [5.74, 6) is -1.53. The molecule has 0 bridgehead atoms. The topological polar surface area (TPSA) is 76.7 Å². The van der Waals surface area contributed by atoms with Gasteiger partial charge in [0.15, 0.2) is 0 Å². The normalized spacial score (nSPS) is 10.0. The molecule has 0 spiro atoms. The van der Waals surface area contributed by atoms with Crippen LogP contribution in [-0.2, 0) is 9.59 Å². The number of hydrogen-bond acceptors (Lipinski definition) is 4. The Morgan fingerprint density at radius 3 is 2.52 bits per heavy atom. The number of carbonyl (C=O) groups excluding carboxylic acids is 1. The summed E-state index contributed by atoms with van der Waals surface area (Å²) >= 11 is 0. The molecule has 5 nitrogen and oxygen atoms in total. The van der Waals surface area contributed by atoms with E-state index in [4.69, 9.17) is 14.3 Å². The Hall–Kier alpha value is -1.56. The molecule has 0 fully saturated rings. The average molecular weight is 298 g/mol. The Morgan fingerprint density at radius 1 is 1.38 bits per heavy atom. The molecule has 0 aromatic rings. The van der Waals surface area contributed by atoms with Gasteiger partial charge in [-0.05, 0) is 31.0 Å². The third-order valence-electron chi connectivity index (χ3n) is 3.11. The van der Waals surface area contributed by atoms with E-state index in [9.17, 15) is 9.59 Å². The molecule has 0 amide bonds. The van der Waals surface area contributed by atoms with Gasteiger partial charge in [0.2, 0.25) is 0 Å². The summed E-state index contributed by atoms with van der Waals surface area (Å²) in [5, 5.41) is 9.10. The molecule has 2 aliphatic rings. The zero-order chi connectivity index (χ0) is 15.0. The number of carbonyl (C=O) groups is 2. The Kier molecular flexibility index (Phi) is 5.39. The molecule has 0 aromatic heterocycles. The third-order valence-corrected chi connectivity index (χ3v) is 3.11. The molecular weight excluding hydrogens is 283 g/mol. The second kappa shape index (κ2) is 6.47. The van der Waals surface area contributed by atoms with Crippen molar-refractivity contribution in [2.45, 2.75) is 20.8 Å². The maximum atomic E-state index is 11.1. The summed E-state index contributed by atoms with van der Waals surface area (Å²) in [4.78, 5) is 22.2. The van der Waals surface area contributed by atoms with E-state index in [2.05, 4.69) is 6.58 Å². The fourth-order valence-corrected chi connectivity index (χ4v) is 2.15. The van der Waals surface area contributed by atoms with Crippen LogP contribution < -0.4 is 34.3 Å². The van der Waals surface area contributed by atoms with E-state index in [0.29, 0.717) is 16.7 Å². The molecule has 1 aliphatic heterocycles. The van der Waals surface area contributed by atoms with E-state index >= 15 is 0 Å². The van der Waals surface area contributed by atoms with Gasteiger partial charge >= 0.3 is 41.5 Å². The van der Waals surface area contributed by atoms with Gasteiger partial charge in [-0.25, -0.2) is 4.79 Å². The van der Waals surface area contributed by atoms with Gasteiger partial charge in [-0.2, -0.15) is 0 Å². The Labute approximate surface area is 145 Å². The summed E-state index contributed by atoms with van der Waals surface area (Å²) in [6, 6.07) is 1.74. The number of fused-ring (bicyclic) bond motifs is 1. The largest absolute Gasteiger partial charge is 1.00 e. The smallest absolute Gasteiger partial charge is 1.00 e. The van der Waals surface area contributed by atoms with Crippen molar-refractivity contribution in [3.63, 3.8) is 0 Å². The van der Waals surface area contributed by atoms with Crippen molar-refractivity contribution < 1.29 is 54.8 Å². The van der Waals surface area contributed by atoms with E-state index < -0.39 is 11.9 Å². The molecule has 21 heavy (non-hydrogen) atoms. The predicted octanol–water partition coefficient (Wildman–Crippen LogP) is 0.141. The van der Waals surface area contributed by atoms with Crippen molar-refractivity contribution >= 4 is 17.5 Å². The summed E-state index contributed by atoms with van der Waals surface area (Å²) in [7, 11) is 0. The fourth-order valence-electron chi connectivity index (χ4n) is 2.15. The monoisotopic (exact) mass is 298 g/mol. The SMILES string of the molecule is C=C(C(=O)O)c1cc(C)c2coc(OC(C)=O)c(C)c1-2.[H-].[Na+]. The first kappa shape index (κ1) is 17.5. The van der Waals surface area contributed by atoms with E-state index in [1.165, 1.54) is 13.2 Å². The maximum Gasteiger partial charge on any atom is 1.00 e. The van der Waals surface area contributed by atoms with Crippen molar-refractivity contribution in [2.24, 2.45) is 0 Å². The molecule has 1 aliphatic carbocycles. The Balaban J connectivity index is 0.00000220. The molecule has 0 atom stereocenters. The van der Waals surface area contributed by atoms with Gasteiger partial charge < -0.3 is 15.7 Å². The van der Waals surface area contributed by atoms with Crippen molar-refractivity contribution in [1.29, 1.82) is 0 Å². The first-order valence-corrected chi connectivity index (χ1v) is 5.95. The number of esters is 1. The van der Waals surface area contributed by atoms with E-state index in [1.807, 2.05) is 6.92 Å². The number of ether oxygens (including phenoxy) is 1. The van der Waals surface area contributed by atoms with Crippen LogP contribution >= 0.6 is 0 Å². The number of hydrogen-bond donors (Lipinski definition) is 1. The Morgan fingerprint density at radius 2 is 2.00 bits per heavy atom. The van der Waals surface area contributed by atoms with E-state index in [0.717, 1.165) is 11.1 Å². The van der Waals surface area contributed by atoms with Crippen LogP contribution in [0.15, 0.2) is 23.3 Å². The van der Waals surface area contributed by atoms with Crippen LogP contribution in [0.5, 0.6) is 5.95 Å². The molecule has 0 aromatic carbocycles. The number of aryl methyl sites for hydroxylation is 1. The van der Waals surface area contributed by atoms with E-state index in [-0.39, 0.29) is 42.5 Å². The fraction of sp³-hybridized carbons (Fsp3) is 0.200. The van der Waals surface area contributed by atoms with Gasteiger partial charge in [-0.1, -0.05) is 6.58 Å². The van der Waals surface area contributed by atoms with Crippen LogP contribution in [0, 0.1) is 13.8 Å². The van der Waals surface area contributed by atoms with E-state index in [1.54, 1.807) is 13.0 Å². The molecule has 0 saturated carbocycles. The van der Waals surface area contributed by atoms with Gasteiger partial charge in [0.25, 0.3) is 5.95 Å². The minimum absolute atomic E-state index is 0. The van der Waals surface area contributed by atoms with Crippen molar-refractivity contribution in [3.8, 4) is 17.1 Å². The summed E-state index contributed by atoms with van der Waals surface area (Å²) in [6.45, 7) is 8.41. The van der Waals surface area contributed by atoms with Gasteiger partial charge in [-0.15, -0.1) is 0 Å². The molecule has 2 rings (SSSR count). The van der Waals surface area contributed by atoms with Gasteiger partial charge in [-0.3, -0.25) is 4.79 Å². The van der Waals surface area contributed by atoms with Gasteiger partial charge in [0.05, 0.1) is 5.57 Å². The summed E-state index contributed by atoms with van der Waals surface area (Å²) < 4.78 is 10.3. The summed E-state index contributed by atoms with van der Waals surface area (Å²) in [6.07, 6.45) is 1.45. The van der Waals surface area contributed by atoms with Crippen LogP contribution in [0.3, 0.4) is 0 Å². The molecule has 0 unspecified atom stereocenters. The first-order chi connectivity index (χ1) is 9.32. The van der Waals surface area contributed by atoms with Crippen LogP contribution in [0.1, 0.15) is 25.0 Å². The summed E-state index contributed by atoms with van der Waals surface area (Å²) in [5.41, 5.74) is 3.40. The third kappa shape index (κ3) is 3.20. The minimum atomic E-state index is -1.09. The van der Waals surface area contributed by atoms with Crippen molar-refractivity contribution in [3.05, 3.63) is 35.6 Å². The molecule has 106 valence electrons. The zero-order valence-electron chi connectivity index (χ0n) is 13.4. The molecule has 6 heteroatoms. The van der Waals surface area contributed by atoms with Crippen LogP contribution in [0.25, 0.3) is 16.7 Å². The van der Waals surface area contributed by atoms with Gasteiger partial charge in [0.1, 0.15) is 6.26 Å². The van der Waals surface area contributed by atoms with Crippen molar-refractivity contribution in [2.75, 3.05) is 0 Å². The molecule has 0 radical (unpaired) electrons. The van der Waals surface area contributed by atoms with Crippen molar-refractivity contribution in [1.82, 2.24) is 0 Å². The Bertz CT molecular complexity index is 704. The molecule has 0 saturated heterocycles. The first-order valence-electron chi connectivity index (χ1n) is 5.95. The molecule has 1 heterocycles.